The Morgan fingerprint density at radius 1 is 1.30 bits per heavy atom. The summed E-state index contributed by atoms with van der Waals surface area (Å²) in [5.74, 6) is -1.00. The normalized spacial score (nSPS) is 12.2. The predicted octanol–water partition coefficient (Wildman–Crippen LogP) is 5.74. The van der Waals surface area contributed by atoms with E-state index < -0.39 is 17.8 Å². The van der Waals surface area contributed by atoms with E-state index in [1.165, 1.54) is 16.4 Å². The Morgan fingerprint density at radius 2 is 2.09 bits per heavy atom. The van der Waals surface area contributed by atoms with E-state index in [4.69, 9.17) is 4.74 Å². The summed E-state index contributed by atoms with van der Waals surface area (Å²) in [7, 11) is 1.71. The highest BCUT2D eigenvalue weighted by atomic mass is 79.9. The molecule has 33 heavy (non-hydrogen) atoms. The van der Waals surface area contributed by atoms with Gasteiger partial charge in [0.25, 0.3) is 0 Å². The second-order valence-electron chi connectivity index (χ2n) is 7.28. The standard InChI is InChI=1S/C22H20BrF2N5O2S/c1-4-32-22(31)19-12(2)29(3)28-21(19)20(15-7-5-13(23)9-16(15)24)27-14-6-8-18-17(10-14)26-11-30(18)33-25/h5-11,20,27H,4H2,1-3H3. The summed E-state index contributed by atoms with van der Waals surface area (Å²) in [6.07, 6.45) is 1.38. The lowest BCUT2D eigenvalue weighted by Crippen LogP contribution is -2.19. The van der Waals surface area contributed by atoms with Crippen LogP contribution in [0.15, 0.2) is 47.2 Å². The molecule has 0 radical (unpaired) electrons. The van der Waals surface area contributed by atoms with E-state index in [-0.39, 0.29) is 24.5 Å². The SMILES string of the molecule is CCOC(=O)c1c(C(Nc2ccc3c(c2)ncn3SF)c2ccc(Br)cc2F)nn(C)c1C. The minimum Gasteiger partial charge on any atom is -0.462 e. The van der Waals surface area contributed by atoms with Crippen LogP contribution in [0.4, 0.5) is 14.0 Å². The molecule has 0 bridgehead atoms. The number of nitrogens with zero attached hydrogens (tertiary/aromatic N) is 4. The van der Waals surface area contributed by atoms with Gasteiger partial charge in [-0.05, 0) is 44.2 Å². The Balaban J connectivity index is 1.85. The van der Waals surface area contributed by atoms with Crippen molar-refractivity contribution in [3.8, 4) is 0 Å². The number of hydrogen-bond acceptors (Lipinski definition) is 6. The van der Waals surface area contributed by atoms with Gasteiger partial charge in [0, 0.05) is 28.5 Å². The number of hydrogen-bond donors (Lipinski definition) is 1. The van der Waals surface area contributed by atoms with Gasteiger partial charge in [0.1, 0.15) is 23.4 Å². The van der Waals surface area contributed by atoms with Crippen molar-refractivity contribution in [1.82, 2.24) is 18.7 Å². The highest BCUT2D eigenvalue weighted by molar-refractivity contribution is 9.10. The van der Waals surface area contributed by atoms with Crippen LogP contribution in [0.25, 0.3) is 11.0 Å². The first-order valence-electron chi connectivity index (χ1n) is 10.0. The second-order valence-corrected chi connectivity index (χ2v) is 8.72. The monoisotopic (exact) mass is 535 g/mol. The Kier molecular flexibility index (Phi) is 6.71. The third-order valence-electron chi connectivity index (χ3n) is 5.29. The van der Waals surface area contributed by atoms with Gasteiger partial charge < -0.3 is 10.1 Å². The fraction of sp³-hybridized carbons (Fsp3) is 0.227. The van der Waals surface area contributed by atoms with Gasteiger partial charge in [0.15, 0.2) is 12.3 Å². The van der Waals surface area contributed by atoms with Crippen molar-refractivity contribution in [2.75, 3.05) is 11.9 Å². The van der Waals surface area contributed by atoms with Crippen LogP contribution in [-0.4, -0.2) is 31.3 Å². The molecule has 1 atom stereocenters. The van der Waals surface area contributed by atoms with Gasteiger partial charge in [-0.1, -0.05) is 22.0 Å². The number of rotatable bonds is 7. The lowest BCUT2D eigenvalue weighted by atomic mass is 9.98. The molecule has 0 spiro atoms. The number of benzene rings is 2. The van der Waals surface area contributed by atoms with E-state index in [9.17, 15) is 8.68 Å². The van der Waals surface area contributed by atoms with Crippen molar-refractivity contribution < 1.29 is 17.8 Å². The average Bonchev–Trinajstić information content (AvgIpc) is 3.32. The summed E-state index contributed by atoms with van der Waals surface area (Å²) in [6, 6.07) is 9.06. The number of carbonyl (C=O) groups is 1. The zero-order valence-electron chi connectivity index (χ0n) is 18.0. The number of nitrogens with one attached hydrogen (secondary N) is 1. The molecule has 0 saturated heterocycles. The molecule has 0 saturated carbocycles. The number of esters is 1. The lowest BCUT2D eigenvalue weighted by Gasteiger charge is -2.21. The van der Waals surface area contributed by atoms with Gasteiger partial charge in [-0.15, -0.1) is 3.89 Å². The van der Waals surface area contributed by atoms with E-state index >= 15 is 4.39 Å². The summed E-state index contributed by atoms with van der Waals surface area (Å²) >= 11 is 3.33. The Morgan fingerprint density at radius 3 is 2.79 bits per heavy atom. The number of aryl methyl sites for hydroxylation is 1. The molecule has 0 aliphatic rings. The number of ether oxygens (including phenoxy) is 1. The molecule has 2 heterocycles. The molecule has 0 aliphatic carbocycles. The first kappa shape index (κ1) is 23.2. The quantitative estimate of drug-likeness (QED) is 0.304. The molecular formula is C22H20BrF2N5O2S. The van der Waals surface area contributed by atoms with E-state index in [2.05, 4.69) is 31.3 Å². The van der Waals surface area contributed by atoms with Crippen molar-refractivity contribution in [1.29, 1.82) is 0 Å². The molecule has 0 fully saturated rings. The molecule has 4 rings (SSSR count). The topological polar surface area (TPSA) is 74.0 Å². The van der Waals surface area contributed by atoms with E-state index in [1.54, 1.807) is 55.9 Å². The van der Waals surface area contributed by atoms with Crippen LogP contribution in [0.2, 0.25) is 0 Å². The minimum absolute atomic E-state index is 0.0514. The van der Waals surface area contributed by atoms with Crippen LogP contribution in [-0.2, 0) is 11.8 Å². The maximum absolute atomic E-state index is 15.1. The van der Waals surface area contributed by atoms with Gasteiger partial charge in [0.2, 0.25) is 0 Å². The summed E-state index contributed by atoms with van der Waals surface area (Å²) in [5.41, 5.74) is 3.26. The fourth-order valence-corrected chi connectivity index (χ4v) is 4.27. The number of halogens is 3. The molecule has 2 aromatic heterocycles. The van der Waals surface area contributed by atoms with Crippen LogP contribution < -0.4 is 5.32 Å². The Labute approximate surface area is 201 Å². The van der Waals surface area contributed by atoms with Gasteiger partial charge >= 0.3 is 5.97 Å². The summed E-state index contributed by atoms with van der Waals surface area (Å²) in [4.78, 5) is 17.0. The van der Waals surface area contributed by atoms with Crippen molar-refractivity contribution in [3.05, 3.63) is 75.5 Å². The summed E-state index contributed by atoms with van der Waals surface area (Å²) in [5, 5.41) is 7.81. The van der Waals surface area contributed by atoms with Crippen molar-refractivity contribution in [2.24, 2.45) is 7.05 Å². The molecule has 1 unspecified atom stereocenters. The van der Waals surface area contributed by atoms with E-state index in [0.717, 1.165) is 0 Å². The minimum atomic E-state index is -0.813. The Bertz CT molecular complexity index is 1340. The third-order valence-corrected chi connectivity index (χ3v) is 6.22. The van der Waals surface area contributed by atoms with Crippen molar-refractivity contribution >= 4 is 51.0 Å². The Hall–Kier alpha value is -2.92. The molecule has 0 amide bonds. The fourth-order valence-electron chi connectivity index (χ4n) is 3.62. The molecule has 7 nitrogen and oxygen atoms in total. The first-order valence-corrected chi connectivity index (χ1v) is 11.5. The van der Waals surface area contributed by atoms with Crippen molar-refractivity contribution in [3.63, 3.8) is 0 Å². The zero-order chi connectivity index (χ0) is 23.7. The number of anilines is 1. The second kappa shape index (κ2) is 9.52. The molecule has 11 heteroatoms. The first-order chi connectivity index (χ1) is 15.8. The largest absolute Gasteiger partial charge is 0.462 e. The molecule has 4 aromatic rings. The van der Waals surface area contributed by atoms with Crippen LogP contribution in [0.5, 0.6) is 0 Å². The summed E-state index contributed by atoms with van der Waals surface area (Å²) in [6.45, 7) is 3.67. The third kappa shape index (κ3) is 4.47. The molecule has 172 valence electrons. The number of imidazole rings is 1. The summed E-state index contributed by atoms with van der Waals surface area (Å²) < 4.78 is 36.9. The van der Waals surface area contributed by atoms with Gasteiger partial charge in [-0.2, -0.15) is 5.10 Å². The zero-order valence-corrected chi connectivity index (χ0v) is 20.4. The van der Waals surface area contributed by atoms with E-state index in [1.807, 2.05) is 0 Å². The van der Waals surface area contributed by atoms with Gasteiger partial charge in [0.05, 0.1) is 23.7 Å². The maximum Gasteiger partial charge on any atom is 0.341 e. The highest BCUT2D eigenvalue weighted by Crippen LogP contribution is 2.33. The molecule has 0 aliphatic heterocycles. The predicted molar refractivity (Wildman–Crippen MR) is 127 cm³/mol. The van der Waals surface area contributed by atoms with Crippen LogP contribution in [0.1, 0.15) is 40.3 Å². The smallest absolute Gasteiger partial charge is 0.341 e. The molecule has 1 N–H and O–H groups in total. The number of fused-ring (bicyclic) bond motifs is 1. The molecular weight excluding hydrogens is 516 g/mol. The maximum atomic E-state index is 15.1. The van der Waals surface area contributed by atoms with Crippen molar-refractivity contribution in [2.45, 2.75) is 19.9 Å². The number of carbonyl (C=O) groups excluding carboxylic acids is 1. The van der Waals surface area contributed by atoms with E-state index in [0.29, 0.717) is 38.1 Å². The lowest BCUT2D eigenvalue weighted by molar-refractivity contribution is 0.0524. The highest BCUT2D eigenvalue weighted by Gasteiger charge is 2.30. The van der Waals surface area contributed by atoms with Gasteiger partial charge in [-0.3, -0.25) is 4.68 Å². The molecule has 2 aromatic carbocycles. The van der Waals surface area contributed by atoms with Gasteiger partial charge in [-0.25, -0.2) is 18.1 Å². The van der Waals surface area contributed by atoms with Crippen LogP contribution >= 0.6 is 28.3 Å². The van der Waals surface area contributed by atoms with Crippen LogP contribution in [0.3, 0.4) is 0 Å². The number of aromatic nitrogens is 4. The average molecular weight is 536 g/mol. The van der Waals surface area contributed by atoms with Crippen LogP contribution in [0, 0.1) is 12.7 Å².